The number of ether oxygens (including phenoxy) is 1. The van der Waals surface area contributed by atoms with Crippen LogP contribution < -0.4 is 4.90 Å². The van der Waals surface area contributed by atoms with E-state index in [4.69, 9.17) is 27.9 Å². The molecule has 3 heterocycles. The zero-order valence-electron chi connectivity index (χ0n) is 11.7. The molecule has 1 atom stereocenters. The number of hydrogen-bond donors (Lipinski definition) is 1. The second kappa shape index (κ2) is 5.73. The van der Waals surface area contributed by atoms with E-state index in [0.717, 1.165) is 0 Å². The molecule has 22 heavy (non-hydrogen) atoms. The van der Waals surface area contributed by atoms with E-state index in [1.165, 1.54) is 6.20 Å². The normalized spacial score (nSPS) is 22.9. The van der Waals surface area contributed by atoms with Crippen molar-refractivity contribution in [2.75, 3.05) is 31.2 Å². The first-order valence-corrected chi connectivity index (χ1v) is 7.35. The number of halogens is 3. The molecule has 1 fully saturated rings. The number of pyridine rings is 1. The fourth-order valence-electron chi connectivity index (χ4n) is 2.42. The summed E-state index contributed by atoms with van der Waals surface area (Å²) in [5.41, 5.74) is -1.06. The van der Waals surface area contributed by atoms with Crippen molar-refractivity contribution in [3.63, 3.8) is 0 Å². The lowest BCUT2D eigenvalue weighted by Crippen LogP contribution is -2.42. The maximum atomic E-state index is 14.1. The summed E-state index contributed by atoms with van der Waals surface area (Å²) < 4.78 is 19.5. The highest BCUT2D eigenvalue weighted by molar-refractivity contribution is 6.30. The summed E-state index contributed by atoms with van der Waals surface area (Å²) in [7, 11) is 0. The van der Waals surface area contributed by atoms with Gasteiger partial charge in [-0.2, -0.15) is 4.98 Å². The van der Waals surface area contributed by atoms with Crippen molar-refractivity contribution >= 4 is 39.9 Å². The minimum Gasteiger partial charge on any atom is -0.386 e. The van der Waals surface area contributed by atoms with E-state index in [1.807, 2.05) is 0 Å². The number of nitrogens with zero attached hydrogens (tertiary/aromatic N) is 4. The Bertz CT molecular complexity index is 729. The molecule has 0 spiro atoms. The number of β-amino-alcohol motifs (C(OH)–C–C–N with tert-alkyl or cyclic N) is 1. The summed E-state index contributed by atoms with van der Waals surface area (Å²) in [4.78, 5) is 13.6. The molecule has 0 aliphatic carbocycles. The molecular weight excluding hydrogens is 334 g/mol. The van der Waals surface area contributed by atoms with Crippen LogP contribution in [-0.2, 0) is 4.74 Å². The molecule has 2 aromatic heterocycles. The molecule has 118 valence electrons. The van der Waals surface area contributed by atoms with Crippen molar-refractivity contribution in [2.24, 2.45) is 0 Å². The van der Waals surface area contributed by atoms with Gasteiger partial charge >= 0.3 is 0 Å². The Kier molecular flexibility index (Phi) is 4.07. The number of anilines is 1. The van der Waals surface area contributed by atoms with Crippen LogP contribution in [0.5, 0.6) is 0 Å². The lowest BCUT2D eigenvalue weighted by Gasteiger charge is -2.28. The summed E-state index contributed by atoms with van der Waals surface area (Å²) in [6, 6.07) is 0. The third-order valence-corrected chi connectivity index (χ3v) is 3.78. The predicted octanol–water partition coefficient (Wildman–Crippen LogP) is 2.06. The topological polar surface area (TPSA) is 71.4 Å². The second-order valence-corrected chi connectivity index (χ2v) is 6.11. The molecule has 9 heteroatoms. The van der Waals surface area contributed by atoms with Crippen LogP contribution in [0.4, 0.5) is 10.2 Å². The SMILES string of the molecule is C[C@@]1(O)COCCN(c2nc(Cl)nc3c(F)c(Cl)ncc23)C1. The molecule has 0 saturated carbocycles. The third kappa shape index (κ3) is 2.94. The van der Waals surface area contributed by atoms with Crippen LogP contribution in [0.1, 0.15) is 6.92 Å². The minimum atomic E-state index is -1.06. The molecule has 0 bridgehead atoms. The molecule has 2 aromatic rings. The standard InChI is InChI=1S/C13H13Cl2FN4O2/c1-13(21)5-20(2-3-22-6-13)11-7-4-17-10(14)8(16)9(7)18-12(15)19-11/h4,21H,2-3,5-6H2,1H3/t13-/m0/s1. The molecule has 3 rings (SSSR count). The first kappa shape index (κ1) is 15.6. The van der Waals surface area contributed by atoms with Gasteiger partial charge in [-0.05, 0) is 18.5 Å². The van der Waals surface area contributed by atoms with Crippen LogP contribution in [0.15, 0.2) is 6.20 Å². The van der Waals surface area contributed by atoms with Crippen LogP contribution in [0.3, 0.4) is 0 Å². The third-order valence-electron chi connectivity index (χ3n) is 3.34. The van der Waals surface area contributed by atoms with Gasteiger partial charge in [0.15, 0.2) is 11.0 Å². The summed E-state index contributed by atoms with van der Waals surface area (Å²) in [6.07, 6.45) is 1.40. The summed E-state index contributed by atoms with van der Waals surface area (Å²) in [5.74, 6) is -0.355. The van der Waals surface area contributed by atoms with Crippen LogP contribution in [-0.4, -0.2) is 52.0 Å². The highest BCUT2D eigenvalue weighted by Crippen LogP contribution is 2.30. The van der Waals surface area contributed by atoms with E-state index in [9.17, 15) is 9.50 Å². The van der Waals surface area contributed by atoms with E-state index >= 15 is 0 Å². The van der Waals surface area contributed by atoms with Crippen molar-refractivity contribution in [1.29, 1.82) is 0 Å². The summed E-state index contributed by atoms with van der Waals surface area (Å²) >= 11 is 11.6. The number of hydrogen-bond acceptors (Lipinski definition) is 6. The first-order chi connectivity index (χ1) is 10.4. The fraction of sp³-hybridized carbons (Fsp3) is 0.462. The van der Waals surface area contributed by atoms with Crippen molar-refractivity contribution in [1.82, 2.24) is 15.0 Å². The Morgan fingerprint density at radius 2 is 2.18 bits per heavy atom. The van der Waals surface area contributed by atoms with Crippen molar-refractivity contribution in [3.8, 4) is 0 Å². The Labute approximate surface area is 135 Å². The van der Waals surface area contributed by atoms with Crippen LogP contribution in [0.2, 0.25) is 10.4 Å². The van der Waals surface area contributed by atoms with Crippen molar-refractivity contribution in [2.45, 2.75) is 12.5 Å². The van der Waals surface area contributed by atoms with E-state index < -0.39 is 11.4 Å². The molecule has 1 aliphatic heterocycles. The maximum absolute atomic E-state index is 14.1. The minimum absolute atomic E-state index is 0.000178. The highest BCUT2D eigenvalue weighted by Gasteiger charge is 2.29. The van der Waals surface area contributed by atoms with Gasteiger partial charge in [0.25, 0.3) is 0 Å². The molecule has 0 radical (unpaired) electrons. The van der Waals surface area contributed by atoms with Crippen molar-refractivity contribution < 1.29 is 14.2 Å². The molecule has 0 unspecified atom stereocenters. The van der Waals surface area contributed by atoms with Gasteiger partial charge < -0.3 is 14.7 Å². The van der Waals surface area contributed by atoms with Gasteiger partial charge in [-0.1, -0.05) is 11.6 Å². The monoisotopic (exact) mass is 346 g/mol. The molecule has 6 nitrogen and oxygen atoms in total. The van der Waals surface area contributed by atoms with Gasteiger partial charge in [0, 0.05) is 12.7 Å². The number of fused-ring (bicyclic) bond motifs is 1. The summed E-state index contributed by atoms with van der Waals surface area (Å²) in [6.45, 7) is 3.01. The van der Waals surface area contributed by atoms with Crippen LogP contribution >= 0.6 is 23.2 Å². The molecule has 0 aromatic carbocycles. The average molecular weight is 347 g/mol. The highest BCUT2D eigenvalue weighted by atomic mass is 35.5. The predicted molar refractivity (Wildman–Crippen MR) is 81.0 cm³/mol. The molecule has 0 amide bonds. The van der Waals surface area contributed by atoms with E-state index in [-0.39, 0.29) is 29.1 Å². The van der Waals surface area contributed by atoms with Crippen LogP contribution in [0, 0.1) is 5.82 Å². The first-order valence-electron chi connectivity index (χ1n) is 6.60. The molecular formula is C13H13Cl2FN4O2. The zero-order valence-corrected chi connectivity index (χ0v) is 13.2. The van der Waals surface area contributed by atoms with E-state index in [0.29, 0.717) is 24.4 Å². The number of aliphatic hydroxyl groups is 1. The maximum Gasteiger partial charge on any atom is 0.225 e. The van der Waals surface area contributed by atoms with Crippen molar-refractivity contribution in [3.05, 3.63) is 22.5 Å². The Morgan fingerprint density at radius 3 is 2.95 bits per heavy atom. The van der Waals surface area contributed by atoms with Crippen LogP contribution in [0.25, 0.3) is 10.9 Å². The number of aromatic nitrogens is 3. The van der Waals surface area contributed by atoms with E-state index in [1.54, 1.807) is 11.8 Å². The zero-order chi connectivity index (χ0) is 15.9. The largest absolute Gasteiger partial charge is 0.386 e. The van der Waals surface area contributed by atoms with Gasteiger partial charge in [0.2, 0.25) is 5.28 Å². The molecule has 1 N–H and O–H groups in total. The van der Waals surface area contributed by atoms with Gasteiger partial charge in [-0.25, -0.2) is 14.4 Å². The van der Waals surface area contributed by atoms with E-state index in [2.05, 4.69) is 15.0 Å². The average Bonchev–Trinajstić information content (AvgIpc) is 2.63. The lowest BCUT2D eigenvalue weighted by atomic mass is 10.1. The van der Waals surface area contributed by atoms with Gasteiger partial charge in [0.1, 0.15) is 16.9 Å². The Hall–Kier alpha value is -1.28. The second-order valence-electron chi connectivity index (χ2n) is 5.41. The molecule has 1 saturated heterocycles. The van der Waals surface area contributed by atoms with Gasteiger partial charge in [-0.3, -0.25) is 0 Å². The lowest BCUT2D eigenvalue weighted by molar-refractivity contribution is -0.0123. The Morgan fingerprint density at radius 1 is 1.41 bits per heavy atom. The Balaban J connectivity index is 2.15. The fourth-order valence-corrected chi connectivity index (χ4v) is 2.72. The number of rotatable bonds is 1. The van der Waals surface area contributed by atoms with Gasteiger partial charge in [0.05, 0.1) is 25.1 Å². The molecule has 1 aliphatic rings. The quantitative estimate of drug-likeness (QED) is 0.629. The van der Waals surface area contributed by atoms with Gasteiger partial charge in [-0.15, -0.1) is 0 Å². The smallest absolute Gasteiger partial charge is 0.225 e. The summed E-state index contributed by atoms with van der Waals surface area (Å²) in [5, 5.41) is 10.3.